The van der Waals surface area contributed by atoms with E-state index in [1.54, 1.807) is 0 Å². The highest BCUT2D eigenvalue weighted by Crippen LogP contribution is 2.53. The van der Waals surface area contributed by atoms with Gasteiger partial charge in [0.2, 0.25) is 0 Å². The molecule has 0 spiro atoms. The Morgan fingerprint density at radius 1 is 0.769 bits per heavy atom. The van der Waals surface area contributed by atoms with Crippen LogP contribution in [0.4, 0.5) is 0 Å². The van der Waals surface area contributed by atoms with Crippen molar-refractivity contribution in [3.8, 4) is 11.1 Å². The first-order chi connectivity index (χ1) is 19.2. The number of rotatable bonds is 19. The molecule has 0 aromatic heterocycles. The van der Waals surface area contributed by atoms with Crippen LogP contribution in [-0.4, -0.2) is 42.3 Å². The highest BCUT2D eigenvalue weighted by atomic mass is 16.6. The van der Waals surface area contributed by atoms with Crippen LogP contribution in [0.2, 0.25) is 6.32 Å². The van der Waals surface area contributed by atoms with Crippen LogP contribution in [0, 0.1) is 0 Å². The van der Waals surface area contributed by atoms with Crippen molar-refractivity contribution in [2.75, 3.05) is 19.8 Å². The van der Waals surface area contributed by atoms with Crippen LogP contribution in [0.3, 0.4) is 0 Å². The zero-order chi connectivity index (χ0) is 27.3. The summed E-state index contributed by atoms with van der Waals surface area (Å²) in [5.41, 5.74) is 8.05. The number of benzene rings is 2. The molecule has 3 radical (unpaired) electrons. The Kier molecular flexibility index (Phi) is 12.6. The van der Waals surface area contributed by atoms with E-state index < -0.39 is 0 Å². The van der Waals surface area contributed by atoms with E-state index in [0.717, 1.165) is 10.9 Å². The van der Waals surface area contributed by atoms with Crippen LogP contribution < -0.4 is 10.9 Å². The lowest BCUT2D eigenvalue weighted by molar-refractivity contribution is 0.365. The predicted octanol–water partition coefficient (Wildman–Crippen LogP) is 7.04. The van der Waals surface area contributed by atoms with Crippen molar-refractivity contribution in [3.05, 3.63) is 47.5 Å². The fourth-order valence-electron chi connectivity index (χ4n) is 6.60. The van der Waals surface area contributed by atoms with E-state index >= 15 is 0 Å². The smallest absolute Gasteiger partial charge is 0.435 e. The molecular formula is C33H48B3O3. The fraction of sp³-hybridized carbons (Fsp3) is 0.636. The van der Waals surface area contributed by atoms with E-state index in [-0.39, 0.29) is 12.5 Å². The lowest BCUT2D eigenvalue weighted by Crippen LogP contribution is -2.34. The molecule has 39 heavy (non-hydrogen) atoms. The molecule has 6 heteroatoms. The van der Waals surface area contributed by atoms with Crippen molar-refractivity contribution in [1.29, 1.82) is 0 Å². The van der Waals surface area contributed by atoms with Crippen molar-refractivity contribution in [2.24, 2.45) is 0 Å². The lowest BCUT2D eigenvalue weighted by atomic mass is 9.68. The standard InChI is InChI=1S/C33H48B3O3/c1-3-5-7-9-11-13-19-33(20-14-12-10-8-6-4-2)31-25-27(35-37-22-21-34)15-17-29(31)30-18-16-28(26-32(30)33)36-38-23-24-39-36/h15-18,25-26H,3-14,19-24H2,1-2H3. The van der Waals surface area contributed by atoms with Gasteiger partial charge in [-0.15, -0.1) is 0 Å². The van der Waals surface area contributed by atoms with Crippen molar-refractivity contribution in [3.63, 3.8) is 0 Å². The molecule has 0 bridgehead atoms. The Hall–Kier alpha value is -1.49. The number of hydrogen-bond donors (Lipinski definition) is 0. The Balaban J connectivity index is 1.66. The molecule has 4 rings (SSSR count). The summed E-state index contributed by atoms with van der Waals surface area (Å²) in [5, 5.41) is 0. The summed E-state index contributed by atoms with van der Waals surface area (Å²) < 4.78 is 17.6. The van der Waals surface area contributed by atoms with Gasteiger partial charge in [0.05, 0.1) is 21.1 Å². The van der Waals surface area contributed by atoms with E-state index in [0.29, 0.717) is 26.1 Å². The van der Waals surface area contributed by atoms with Gasteiger partial charge >= 0.3 is 14.6 Å². The van der Waals surface area contributed by atoms with Crippen LogP contribution in [0.1, 0.15) is 115 Å². The third-order valence-electron chi connectivity index (χ3n) is 8.67. The quantitative estimate of drug-likeness (QED) is 0.146. The fourth-order valence-corrected chi connectivity index (χ4v) is 6.60. The predicted molar refractivity (Wildman–Crippen MR) is 168 cm³/mol. The third kappa shape index (κ3) is 7.83. The highest BCUT2D eigenvalue weighted by molar-refractivity contribution is 6.61. The molecule has 1 fully saturated rings. The average Bonchev–Trinajstić information content (AvgIpc) is 3.59. The van der Waals surface area contributed by atoms with Gasteiger partial charge in [-0.3, -0.25) is 0 Å². The van der Waals surface area contributed by atoms with Crippen LogP contribution in [0.25, 0.3) is 11.1 Å². The second kappa shape index (κ2) is 16.1. The van der Waals surface area contributed by atoms with Crippen molar-refractivity contribution < 1.29 is 14.0 Å². The Morgan fingerprint density at radius 2 is 1.33 bits per heavy atom. The van der Waals surface area contributed by atoms with E-state index in [4.69, 9.17) is 21.8 Å². The van der Waals surface area contributed by atoms with E-state index in [1.807, 2.05) is 7.48 Å². The summed E-state index contributed by atoms with van der Waals surface area (Å²) >= 11 is 0. The van der Waals surface area contributed by atoms with Gasteiger partial charge in [-0.25, -0.2) is 0 Å². The number of unbranched alkanes of at least 4 members (excludes halogenated alkanes) is 10. The van der Waals surface area contributed by atoms with Crippen molar-refractivity contribution in [2.45, 2.75) is 115 Å². The lowest BCUT2D eigenvalue weighted by Gasteiger charge is -2.33. The molecule has 0 atom stereocenters. The van der Waals surface area contributed by atoms with Crippen LogP contribution in [0.5, 0.6) is 0 Å². The Labute approximate surface area is 241 Å². The van der Waals surface area contributed by atoms with Gasteiger partial charge in [0.15, 0.2) is 0 Å². The van der Waals surface area contributed by atoms with Gasteiger partial charge in [0, 0.05) is 12.0 Å². The van der Waals surface area contributed by atoms with E-state index in [9.17, 15) is 0 Å². The van der Waals surface area contributed by atoms with E-state index in [2.05, 4.69) is 50.2 Å². The molecule has 2 aliphatic rings. The molecule has 1 saturated heterocycles. The first-order valence-corrected chi connectivity index (χ1v) is 15.9. The van der Waals surface area contributed by atoms with Gasteiger partial charge in [-0.05, 0) is 40.6 Å². The van der Waals surface area contributed by atoms with Crippen molar-refractivity contribution in [1.82, 2.24) is 0 Å². The van der Waals surface area contributed by atoms with Gasteiger partial charge < -0.3 is 14.0 Å². The zero-order valence-corrected chi connectivity index (χ0v) is 24.6. The normalized spacial score (nSPS) is 15.5. The summed E-state index contributed by atoms with van der Waals surface area (Å²) in [6.07, 6.45) is 18.7. The molecule has 0 N–H and O–H groups in total. The Morgan fingerprint density at radius 3 is 1.95 bits per heavy atom. The topological polar surface area (TPSA) is 27.7 Å². The second-order valence-electron chi connectivity index (χ2n) is 11.6. The molecule has 0 unspecified atom stereocenters. The van der Waals surface area contributed by atoms with Crippen LogP contribution >= 0.6 is 0 Å². The zero-order valence-electron chi connectivity index (χ0n) is 24.6. The third-order valence-corrected chi connectivity index (χ3v) is 8.67. The molecule has 1 aliphatic heterocycles. The summed E-state index contributed by atoms with van der Waals surface area (Å²) in [6.45, 7) is 6.48. The molecule has 1 heterocycles. The van der Waals surface area contributed by atoms with Crippen LogP contribution in [-0.2, 0) is 19.4 Å². The minimum atomic E-state index is -0.242. The van der Waals surface area contributed by atoms with Gasteiger partial charge in [0.1, 0.15) is 0 Å². The molecule has 207 valence electrons. The molecule has 2 aromatic rings. The summed E-state index contributed by atoms with van der Waals surface area (Å²) in [4.78, 5) is 0. The van der Waals surface area contributed by atoms with Gasteiger partial charge in [-0.2, -0.15) is 0 Å². The van der Waals surface area contributed by atoms with Gasteiger partial charge in [0.25, 0.3) is 0 Å². The van der Waals surface area contributed by atoms with Crippen LogP contribution in [0.15, 0.2) is 36.4 Å². The molecule has 2 aromatic carbocycles. The first kappa shape index (κ1) is 30.5. The average molecular weight is 525 g/mol. The maximum absolute atomic E-state index is 5.94. The molecule has 0 amide bonds. The number of hydrogen-bond acceptors (Lipinski definition) is 3. The van der Waals surface area contributed by atoms with Gasteiger partial charge in [-0.1, -0.05) is 139 Å². The summed E-state index contributed by atoms with van der Waals surface area (Å²) in [6, 6.07) is 13.9. The summed E-state index contributed by atoms with van der Waals surface area (Å²) in [7, 11) is 7.33. The minimum Gasteiger partial charge on any atom is -0.435 e. The molecule has 1 aliphatic carbocycles. The second-order valence-corrected chi connectivity index (χ2v) is 11.6. The molecule has 3 nitrogen and oxygen atoms in total. The summed E-state index contributed by atoms with van der Waals surface area (Å²) in [5.74, 6) is 0. The molecule has 0 saturated carbocycles. The largest absolute Gasteiger partial charge is 0.494 e. The van der Waals surface area contributed by atoms with E-state index in [1.165, 1.54) is 112 Å². The molecular weight excluding hydrogens is 477 g/mol. The minimum absolute atomic E-state index is 0.0203. The van der Waals surface area contributed by atoms with Crippen molar-refractivity contribution >= 4 is 33.4 Å². The Bertz CT molecular complexity index is 990. The first-order valence-electron chi connectivity index (χ1n) is 15.9. The number of fused-ring (bicyclic) bond motifs is 3. The maximum Gasteiger partial charge on any atom is 0.494 e. The monoisotopic (exact) mass is 525 g/mol. The highest BCUT2D eigenvalue weighted by Gasteiger charge is 2.43. The maximum atomic E-state index is 5.94. The SMILES string of the molecule is [B]CCO[B]c1ccc2c(c1)C(CCCCCCCC)(CCCCCCCC)c1cc(B3OCCO3)ccc1-2.